The highest BCUT2D eigenvalue weighted by Crippen LogP contribution is 2.37. The van der Waals surface area contributed by atoms with Crippen molar-refractivity contribution in [3.63, 3.8) is 0 Å². The number of thiophene rings is 1. The van der Waals surface area contributed by atoms with Gasteiger partial charge in [0.1, 0.15) is 10.6 Å². The Morgan fingerprint density at radius 2 is 2.04 bits per heavy atom. The van der Waals surface area contributed by atoms with Crippen LogP contribution in [0.4, 0.5) is 11.4 Å². The molecule has 4 nitrogen and oxygen atoms in total. The fraction of sp³-hybridized carbons (Fsp3) is 0.118. The van der Waals surface area contributed by atoms with Gasteiger partial charge in [-0.2, -0.15) is 0 Å². The van der Waals surface area contributed by atoms with Gasteiger partial charge in [-0.25, -0.2) is 0 Å². The van der Waals surface area contributed by atoms with E-state index in [1.54, 1.807) is 36.4 Å². The molecule has 0 bridgehead atoms. The van der Waals surface area contributed by atoms with Gasteiger partial charge in [-0.3, -0.25) is 4.79 Å². The number of hydrogen-bond acceptors (Lipinski definition) is 4. The van der Waals surface area contributed by atoms with Crippen molar-refractivity contribution in [3.8, 4) is 5.75 Å². The predicted molar refractivity (Wildman–Crippen MR) is 102 cm³/mol. The fourth-order valence-electron chi connectivity index (χ4n) is 2.28. The van der Waals surface area contributed by atoms with E-state index in [1.165, 1.54) is 11.3 Å². The molecule has 124 valence electrons. The first-order chi connectivity index (χ1) is 11.5. The normalized spacial score (nSPS) is 10.8. The lowest BCUT2D eigenvalue weighted by Crippen LogP contribution is -2.12. The van der Waals surface area contributed by atoms with Crippen LogP contribution in [0.2, 0.25) is 10.0 Å². The first-order valence-electron chi connectivity index (χ1n) is 7.20. The Morgan fingerprint density at radius 1 is 1.25 bits per heavy atom. The van der Waals surface area contributed by atoms with E-state index in [9.17, 15) is 4.79 Å². The third kappa shape index (κ3) is 3.29. The van der Waals surface area contributed by atoms with Crippen molar-refractivity contribution in [1.82, 2.24) is 0 Å². The maximum absolute atomic E-state index is 12.5. The summed E-state index contributed by atoms with van der Waals surface area (Å²) in [6, 6.07) is 10.5. The van der Waals surface area contributed by atoms with Crippen molar-refractivity contribution >= 4 is 61.9 Å². The highest BCUT2D eigenvalue weighted by atomic mass is 35.5. The van der Waals surface area contributed by atoms with Crippen LogP contribution in [0.15, 0.2) is 36.4 Å². The van der Waals surface area contributed by atoms with Gasteiger partial charge in [0.15, 0.2) is 0 Å². The molecular weight excluding hydrogens is 367 g/mol. The SMILES string of the molecule is CCOc1ccc(NC(=O)c2sc3cc(Cl)ccc3c2Cl)c(N)c1. The molecule has 2 aromatic carbocycles. The Labute approximate surface area is 153 Å². The first kappa shape index (κ1) is 16.9. The van der Waals surface area contributed by atoms with E-state index in [0.717, 1.165) is 10.1 Å². The predicted octanol–water partition coefficient (Wildman–Crippen LogP) is 5.44. The summed E-state index contributed by atoms with van der Waals surface area (Å²) in [7, 11) is 0. The van der Waals surface area contributed by atoms with Gasteiger partial charge in [-0.05, 0) is 31.2 Å². The lowest BCUT2D eigenvalue weighted by molar-refractivity contribution is 0.103. The molecule has 3 rings (SSSR count). The van der Waals surface area contributed by atoms with Gasteiger partial charge in [0, 0.05) is 21.2 Å². The second-order valence-corrected chi connectivity index (χ2v) is 6.89. The molecular formula is C17H14Cl2N2O2S. The number of nitrogens with two attached hydrogens (primary N) is 1. The number of nitrogens with one attached hydrogen (secondary N) is 1. The minimum atomic E-state index is -0.312. The van der Waals surface area contributed by atoms with Gasteiger partial charge in [0.25, 0.3) is 5.91 Å². The summed E-state index contributed by atoms with van der Waals surface area (Å²) in [5.74, 6) is 0.343. The van der Waals surface area contributed by atoms with Gasteiger partial charge in [-0.15, -0.1) is 11.3 Å². The number of fused-ring (bicyclic) bond motifs is 1. The Balaban J connectivity index is 1.89. The number of hydrogen-bond donors (Lipinski definition) is 2. The topological polar surface area (TPSA) is 64.3 Å². The number of ether oxygens (including phenoxy) is 1. The van der Waals surface area contributed by atoms with Gasteiger partial charge in [-0.1, -0.05) is 29.3 Å². The molecule has 0 saturated heterocycles. The summed E-state index contributed by atoms with van der Waals surface area (Å²) >= 11 is 13.6. The zero-order chi connectivity index (χ0) is 17.3. The third-order valence-electron chi connectivity index (χ3n) is 3.38. The molecule has 7 heteroatoms. The number of amides is 1. The largest absolute Gasteiger partial charge is 0.494 e. The molecule has 3 N–H and O–H groups in total. The third-order valence-corrected chi connectivity index (χ3v) is 5.27. The standard InChI is InChI=1S/C17H14Cl2N2O2S/c1-2-23-10-4-6-13(12(20)8-10)21-17(22)16-15(19)11-5-3-9(18)7-14(11)24-16/h3-8H,2,20H2,1H3,(H,21,22). The number of carbonyl (C=O) groups excluding carboxylic acids is 1. The average Bonchev–Trinajstić information content (AvgIpc) is 2.86. The highest BCUT2D eigenvalue weighted by Gasteiger charge is 2.18. The van der Waals surface area contributed by atoms with E-state index < -0.39 is 0 Å². The van der Waals surface area contributed by atoms with Crippen LogP contribution in [0.25, 0.3) is 10.1 Å². The monoisotopic (exact) mass is 380 g/mol. The number of halogens is 2. The zero-order valence-electron chi connectivity index (χ0n) is 12.7. The summed E-state index contributed by atoms with van der Waals surface area (Å²) in [4.78, 5) is 13.0. The van der Waals surface area contributed by atoms with E-state index in [-0.39, 0.29) is 5.91 Å². The molecule has 0 aliphatic carbocycles. The lowest BCUT2D eigenvalue weighted by atomic mass is 10.2. The Kier molecular flexibility index (Phi) is 4.85. The maximum Gasteiger partial charge on any atom is 0.267 e. The molecule has 0 fully saturated rings. The van der Waals surface area contributed by atoms with E-state index >= 15 is 0 Å². The highest BCUT2D eigenvalue weighted by molar-refractivity contribution is 7.21. The van der Waals surface area contributed by atoms with Crippen molar-refractivity contribution in [2.45, 2.75) is 6.92 Å². The van der Waals surface area contributed by atoms with Crippen LogP contribution in [0, 0.1) is 0 Å². The van der Waals surface area contributed by atoms with Crippen molar-refractivity contribution in [3.05, 3.63) is 51.3 Å². The van der Waals surface area contributed by atoms with Crippen LogP contribution in [0.1, 0.15) is 16.6 Å². The van der Waals surface area contributed by atoms with Crippen LogP contribution >= 0.6 is 34.5 Å². The van der Waals surface area contributed by atoms with Gasteiger partial charge < -0.3 is 15.8 Å². The van der Waals surface area contributed by atoms with E-state index in [2.05, 4.69) is 5.32 Å². The molecule has 1 heterocycles. The first-order valence-corrected chi connectivity index (χ1v) is 8.78. The molecule has 0 aliphatic heterocycles. The quantitative estimate of drug-likeness (QED) is 0.592. The second-order valence-electron chi connectivity index (χ2n) is 5.02. The molecule has 0 saturated carbocycles. The van der Waals surface area contributed by atoms with Crippen molar-refractivity contribution < 1.29 is 9.53 Å². The lowest BCUT2D eigenvalue weighted by Gasteiger charge is -2.10. The molecule has 0 aliphatic rings. The van der Waals surface area contributed by atoms with Crippen LogP contribution in [0.3, 0.4) is 0 Å². The van der Waals surface area contributed by atoms with Gasteiger partial charge >= 0.3 is 0 Å². The number of carbonyl (C=O) groups is 1. The summed E-state index contributed by atoms with van der Waals surface area (Å²) in [6.07, 6.45) is 0. The van der Waals surface area contributed by atoms with Crippen LogP contribution in [-0.4, -0.2) is 12.5 Å². The Hall–Kier alpha value is -1.95. The summed E-state index contributed by atoms with van der Waals surface area (Å²) in [6.45, 7) is 2.44. The van der Waals surface area contributed by atoms with E-state index in [4.69, 9.17) is 33.7 Å². The molecule has 24 heavy (non-hydrogen) atoms. The van der Waals surface area contributed by atoms with Crippen molar-refractivity contribution in [1.29, 1.82) is 0 Å². The number of anilines is 2. The van der Waals surface area contributed by atoms with E-state index in [1.807, 2.05) is 6.92 Å². The minimum absolute atomic E-state index is 0.312. The number of benzene rings is 2. The number of rotatable bonds is 4. The zero-order valence-corrected chi connectivity index (χ0v) is 15.1. The summed E-state index contributed by atoms with van der Waals surface area (Å²) < 4.78 is 6.24. The molecule has 3 aromatic rings. The minimum Gasteiger partial charge on any atom is -0.494 e. The smallest absolute Gasteiger partial charge is 0.267 e. The van der Waals surface area contributed by atoms with Crippen molar-refractivity contribution in [2.75, 3.05) is 17.7 Å². The Morgan fingerprint density at radius 3 is 2.75 bits per heavy atom. The molecule has 0 atom stereocenters. The molecule has 1 amide bonds. The fourth-order valence-corrected chi connectivity index (χ4v) is 3.96. The molecule has 0 radical (unpaired) electrons. The van der Waals surface area contributed by atoms with Crippen molar-refractivity contribution in [2.24, 2.45) is 0 Å². The maximum atomic E-state index is 12.5. The van der Waals surface area contributed by atoms with Gasteiger partial charge in [0.05, 0.1) is 23.0 Å². The summed E-state index contributed by atoms with van der Waals surface area (Å²) in [5.41, 5.74) is 6.90. The molecule has 1 aromatic heterocycles. The van der Waals surface area contributed by atoms with E-state index in [0.29, 0.717) is 38.7 Å². The molecule has 0 unspecified atom stereocenters. The Bertz CT molecular complexity index is 924. The van der Waals surface area contributed by atoms with Crippen LogP contribution < -0.4 is 15.8 Å². The number of nitrogen functional groups attached to an aromatic ring is 1. The summed E-state index contributed by atoms with van der Waals surface area (Å²) in [5, 5.41) is 4.60. The second kappa shape index (κ2) is 6.89. The van der Waals surface area contributed by atoms with Crippen LogP contribution in [0.5, 0.6) is 5.75 Å². The average molecular weight is 381 g/mol. The van der Waals surface area contributed by atoms with Gasteiger partial charge in [0.2, 0.25) is 0 Å². The molecule has 0 spiro atoms. The van der Waals surface area contributed by atoms with Crippen LogP contribution in [-0.2, 0) is 0 Å².